The van der Waals surface area contributed by atoms with Crippen molar-refractivity contribution >= 4 is 17.5 Å². The van der Waals surface area contributed by atoms with E-state index in [1.807, 2.05) is 0 Å². The highest BCUT2D eigenvalue weighted by Gasteiger charge is 2.01. The Morgan fingerprint density at radius 2 is 2.17 bits per heavy atom. The Balaban J connectivity index is 2.75. The molecule has 1 aromatic rings. The maximum atomic E-state index is 10.7. The molecule has 0 radical (unpaired) electrons. The van der Waals surface area contributed by atoms with Gasteiger partial charge in [0, 0.05) is 0 Å². The first kappa shape index (κ1) is 8.39. The highest BCUT2D eigenvalue weighted by Crippen LogP contribution is 2.16. The summed E-state index contributed by atoms with van der Waals surface area (Å²) in [5.74, 6) is 0. The van der Waals surface area contributed by atoms with E-state index in [1.165, 1.54) is 7.11 Å². The van der Waals surface area contributed by atoms with Crippen LogP contribution in [0.15, 0.2) is 24.3 Å². The van der Waals surface area contributed by atoms with Crippen LogP contribution in [0.1, 0.15) is 0 Å². The zero-order valence-corrected chi connectivity index (χ0v) is 6.70. The molecule has 0 unspecified atom stereocenters. The molecular formula is C8H10N2O2. The van der Waals surface area contributed by atoms with Gasteiger partial charge in [-0.05, 0) is 12.1 Å². The van der Waals surface area contributed by atoms with Crippen LogP contribution < -0.4 is 11.1 Å². The van der Waals surface area contributed by atoms with Gasteiger partial charge in [-0.3, -0.25) is 5.32 Å². The number of hydrogen-bond donors (Lipinski definition) is 2. The third-order valence-corrected chi connectivity index (χ3v) is 1.38. The monoisotopic (exact) mass is 166 g/mol. The molecule has 0 spiro atoms. The van der Waals surface area contributed by atoms with E-state index in [9.17, 15) is 4.79 Å². The van der Waals surface area contributed by atoms with Crippen molar-refractivity contribution in [1.82, 2.24) is 0 Å². The first-order chi connectivity index (χ1) is 5.74. The van der Waals surface area contributed by atoms with Gasteiger partial charge < -0.3 is 10.5 Å². The summed E-state index contributed by atoms with van der Waals surface area (Å²) in [7, 11) is 1.30. The van der Waals surface area contributed by atoms with Crippen molar-refractivity contribution in [1.29, 1.82) is 0 Å². The number of benzene rings is 1. The molecule has 1 aromatic carbocycles. The molecule has 0 aliphatic heterocycles. The van der Waals surface area contributed by atoms with E-state index in [1.54, 1.807) is 24.3 Å². The van der Waals surface area contributed by atoms with Crippen molar-refractivity contribution in [3.05, 3.63) is 24.3 Å². The predicted octanol–water partition coefficient (Wildman–Crippen LogP) is 1.45. The van der Waals surface area contributed by atoms with E-state index in [2.05, 4.69) is 10.1 Å². The van der Waals surface area contributed by atoms with E-state index >= 15 is 0 Å². The van der Waals surface area contributed by atoms with Crippen molar-refractivity contribution < 1.29 is 9.53 Å². The highest BCUT2D eigenvalue weighted by atomic mass is 16.5. The van der Waals surface area contributed by atoms with Gasteiger partial charge >= 0.3 is 6.09 Å². The van der Waals surface area contributed by atoms with Crippen LogP contribution in [0.5, 0.6) is 0 Å². The largest absolute Gasteiger partial charge is 0.453 e. The third-order valence-electron chi connectivity index (χ3n) is 1.38. The number of nitrogens with one attached hydrogen (secondary N) is 1. The number of amides is 1. The van der Waals surface area contributed by atoms with E-state index in [0.29, 0.717) is 11.4 Å². The fourth-order valence-corrected chi connectivity index (χ4v) is 0.772. The molecule has 0 fully saturated rings. The van der Waals surface area contributed by atoms with E-state index < -0.39 is 6.09 Å². The van der Waals surface area contributed by atoms with Crippen molar-refractivity contribution in [3.8, 4) is 0 Å². The predicted molar refractivity (Wildman–Crippen MR) is 46.9 cm³/mol. The zero-order valence-electron chi connectivity index (χ0n) is 6.70. The molecule has 0 aliphatic carbocycles. The Morgan fingerprint density at radius 3 is 2.75 bits per heavy atom. The summed E-state index contributed by atoms with van der Waals surface area (Å²) in [4.78, 5) is 10.7. The van der Waals surface area contributed by atoms with Gasteiger partial charge in [0.15, 0.2) is 0 Å². The van der Waals surface area contributed by atoms with Crippen molar-refractivity contribution in [2.75, 3.05) is 18.2 Å². The topological polar surface area (TPSA) is 64.3 Å². The summed E-state index contributed by atoms with van der Waals surface area (Å²) in [5, 5.41) is 2.47. The number of para-hydroxylation sites is 2. The Labute approximate surface area is 70.3 Å². The lowest BCUT2D eigenvalue weighted by molar-refractivity contribution is 0.187. The maximum absolute atomic E-state index is 10.7. The van der Waals surface area contributed by atoms with E-state index in [0.717, 1.165) is 0 Å². The van der Waals surface area contributed by atoms with Gasteiger partial charge in [0.2, 0.25) is 0 Å². The normalized spacial score (nSPS) is 9.08. The lowest BCUT2D eigenvalue weighted by Crippen LogP contribution is -2.12. The molecule has 0 saturated carbocycles. The second kappa shape index (κ2) is 3.61. The SMILES string of the molecule is COC(=O)Nc1ccccc1N. The van der Waals surface area contributed by atoms with Gasteiger partial charge in [-0.15, -0.1) is 0 Å². The molecule has 0 atom stereocenters. The summed E-state index contributed by atoms with van der Waals surface area (Å²) >= 11 is 0. The molecule has 0 saturated heterocycles. The minimum atomic E-state index is -0.520. The standard InChI is InChI=1S/C8H10N2O2/c1-12-8(11)10-7-5-3-2-4-6(7)9/h2-5H,9H2,1H3,(H,10,11). The molecule has 0 heterocycles. The number of anilines is 2. The van der Waals surface area contributed by atoms with Gasteiger partial charge in [-0.1, -0.05) is 12.1 Å². The van der Waals surface area contributed by atoms with Gasteiger partial charge in [0.1, 0.15) is 0 Å². The van der Waals surface area contributed by atoms with Gasteiger partial charge in [-0.2, -0.15) is 0 Å². The van der Waals surface area contributed by atoms with Crippen molar-refractivity contribution in [2.24, 2.45) is 0 Å². The van der Waals surface area contributed by atoms with Crippen LogP contribution in [-0.2, 0) is 4.74 Å². The Morgan fingerprint density at radius 1 is 1.50 bits per heavy atom. The summed E-state index contributed by atoms with van der Waals surface area (Å²) in [6.07, 6.45) is -0.520. The summed E-state index contributed by atoms with van der Waals surface area (Å²) < 4.78 is 4.40. The van der Waals surface area contributed by atoms with Crippen molar-refractivity contribution in [2.45, 2.75) is 0 Å². The average Bonchev–Trinajstić information content (AvgIpc) is 2.09. The van der Waals surface area contributed by atoms with Gasteiger partial charge in [0.25, 0.3) is 0 Å². The number of methoxy groups -OCH3 is 1. The summed E-state index contributed by atoms with van der Waals surface area (Å²) in [6, 6.07) is 6.97. The van der Waals surface area contributed by atoms with E-state index in [4.69, 9.17) is 5.73 Å². The number of rotatable bonds is 1. The first-order valence-electron chi connectivity index (χ1n) is 3.43. The smallest absolute Gasteiger partial charge is 0.411 e. The molecule has 1 rings (SSSR count). The number of carbonyl (C=O) groups excluding carboxylic acids is 1. The first-order valence-corrected chi connectivity index (χ1v) is 3.43. The molecule has 0 aromatic heterocycles. The van der Waals surface area contributed by atoms with Crippen LogP contribution >= 0.6 is 0 Å². The Kier molecular flexibility index (Phi) is 2.53. The molecule has 0 aliphatic rings. The lowest BCUT2D eigenvalue weighted by atomic mass is 10.3. The molecular weight excluding hydrogens is 156 g/mol. The second-order valence-corrected chi connectivity index (χ2v) is 2.20. The molecule has 64 valence electrons. The van der Waals surface area contributed by atoms with Crippen LogP contribution in [0.4, 0.5) is 16.2 Å². The van der Waals surface area contributed by atoms with Crippen LogP contribution in [0.25, 0.3) is 0 Å². The number of carbonyl (C=O) groups is 1. The molecule has 4 heteroatoms. The highest BCUT2D eigenvalue weighted by molar-refractivity contribution is 5.88. The Bertz CT molecular complexity index is 286. The van der Waals surface area contributed by atoms with Crippen LogP contribution in [-0.4, -0.2) is 13.2 Å². The van der Waals surface area contributed by atoms with Crippen molar-refractivity contribution in [3.63, 3.8) is 0 Å². The number of hydrogen-bond acceptors (Lipinski definition) is 3. The Hall–Kier alpha value is -1.71. The average molecular weight is 166 g/mol. The van der Waals surface area contributed by atoms with Crippen LogP contribution in [0.2, 0.25) is 0 Å². The quantitative estimate of drug-likeness (QED) is 0.620. The zero-order chi connectivity index (χ0) is 8.97. The number of nitrogen functional groups attached to an aromatic ring is 1. The van der Waals surface area contributed by atoms with Crippen LogP contribution in [0, 0.1) is 0 Å². The fourth-order valence-electron chi connectivity index (χ4n) is 0.772. The molecule has 1 amide bonds. The molecule has 4 nitrogen and oxygen atoms in total. The second-order valence-electron chi connectivity index (χ2n) is 2.20. The minimum Gasteiger partial charge on any atom is -0.453 e. The number of ether oxygens (including phenoxy) is 1. The fraction of sp³-hybridized carbons (Fsp3) is 0.125. The van der Waals surface area contributed by atoms with E-state index in [-0.39, 0.29) is 0 Å². The maximum Gasteiger partial charge on any atom is 0.411 e. The lowest BCUT2D eigenvalue weighted by Gasteiger charge is -2.05. The minimum absolute atomic E-state index is 0.517. The third kappa shape index (κ3) is 1.88. The molecule has 3 N–H and O–H groups in total. The summed E-state index contributed by atoms with van der Waals surface area (Å²) in [6.45, 7) is 0. The van der Waals surface area contributed by atoms with Crippen LogP contribution in [0.3, 0.4) is 0 Å². The molecule has 0 bridgehead atoms. The van der Waals surface area contributed by atoms with Gasteiger partial charge in [-0.25, -0.2) is 4.79 Å². The number of nitrogens with two attached hydrogens (primary N) is 1. The molecule has 12 heavy (non-hydrogen) atoms. The van der Waals surface area contributed by atoms with Gasteiger partial charge in [0.05, 0.1) is 18.5 Å². The summed E-state index contributed by atoms with van der Waals surface area (Å²) in [5.41, 5.74) is 6.63.